The summed E-state index contributed by atoms with van der Waals surface area (Å²) >= 11 is 0. The van der Waals surface area contributed by atoms with Crippen LogP contribution >= 0.6 is 0 Å². The highest BCUT2D eigenvalue weighted by atomic mass is 16.5. The smallest absolute Gasteiger partial charge is 0.318 e. The van der Waals surface area contributed by atoms with Gasteiger partial charge in [-0.05, 0) is 35.0 Å². The van der Waals surface area contributed by atoms with Crippen LogP contribution in [0.1, 0.15) is 0 Å². The van der Waals surface area contributed by atoms with Gasteiger partial charge in [-0.1, -0.05) is 30.8 Å². The Morgan fingerprint density at radius 1 is 1.02 bits per heavy atom. The van der Waals surface area contributed by atoms with Crippen molar-refractivity contribution in [2.75, 3.05) is 70.5 Å². The first-order chi connectivity index (χ1) is 19.6. The molecule has 206 valence electrons. The van der Waals surface area contributed by atoms with Gasteiger partial charge in [-0.25, -0.2) is 0 Å². The lowest BCUT2D eigenvalue weighted by Gasteiger charge is -2.35. The number of hydrogen-bond acceptors (Lipinski definition) is 9. The first-order valence-corrected chi connectivity index (χ1v) is 13.6. The van der Waals surface area contributed by atoms with Gasteiger partial charge in [0, 0.05) is 57.6 Å². The van der Waals surface area contributed by atoms with Gasteiger partial charge in [0.05, 0.1) is 29.8 Å². The highest BCUT2D eigenvalue weighted by Gasteiger charge is 2.24. The van der Waals surface area contributed by atoms with E-state index in [-0.39, 0.29) is 11.7 Å². The van der Waals surface area contributed by atoms with Gasteiger partial charge in [-0.2, -0.15) is 9.97 Å². The quantitative estimate of drug-likeness (QED) is 0.354. The first kappa shape index (κ1) is 26.0. The Labute approximate surface area is 232 Å². The SMILES string of the molecule is C=CC(=O)N1CCN(c2nc(OCCN3CCOCC3)nc3cc(-c4cc(O)cc5ccccc45)ncc23)CC1. The van der Waals surface area contributed by atoms with E-state index in [9.17, 15) is 9.90 Å². The predicted molar refractivity (Wildman–Crippen MR) is 154 cm³/mol. The lowest BCUT2D eigenvalue weighted by atomic mass is 10.0. The van der Waals surface area contributed by atoms with Gasteiger partial charge in [-0.3, -0.25) is 14.7 Å². The van der Waals surface area contributed by atoms with Gasteiger partial charge in [0.25, 0.3) is 0 Å². The number of rotatable bonds is 7. The molecule has 2 aliphatic rings. The Kier molecular flexibility index (Phi) is 7.43. The van der Waals surface area contributed by atoms with Crippen molar-refractivity contribution < 1.29 is 19.4 Å². The van der Waals surface area contributed by atoms with Gasteiger partial charge < -0.3 is 24.4 Å². The van der Waals surface area contributed by atoms with Crippen molar-refractivity contribution in [2.45, 2.75) is 0 Å². The number of morpholine rings is 1. The van der Waals surface area contributed by atoms with Crippen LogP contribution in [-0.2, 0) is 9.53 Å². The molecular formula is C30H32N6O4. The Bertz CT molecular complexity index is 1550. The highest BCUT2D eigenvalue weighted by Crippen LogP contribution is 2.34. The molecule has 4 aromatic rings. The van der Waals surface area contributed by atoms with Gasteiger partial charge in [0.15, 0.2) is 0 Å². The number of carbonyl (C=O) groups excluding carboxylic acids is 1. The fraction of sp³-hybridized carbons (Fsp3) is 0.333. The summed E-state index contributed by atoms with van der Waals surface area (Å²) in [5.74, 6) is 0.846. The zero-order valence-corrected chi connectivity index (χ0v) is 22.3. The molecule has 4 heterocycles. The Hall–Kier alpha value is -4.28. The van der Waals surface area contributed by atoms with Gasteiger partial charge in [0.1, 0.15) is 18.2 Å². The van der Waals surface area contributed by atoms with Crippen LogP contribution < -0.4 is 9.64 Å². The topological polar surface area (TPSA) is 104 Å². The molecule has 6 rings (SSSR count). The van der Waals surface area contributed by atoms with E-state index in [1.807, 2.05) is 30.3 Å². The van der Waals surface area contributed by atoms with Crippen molar-refractivity contribution in [2.24, 2.45) is 0 Å². The van der Waals surface area contributed by atoms with Crippen LogP contribution in [0.4, 0.5) is 5.82 Å². The molecule has 0 spiro atoms. The number of phenols is 1. The van der Waals surface area contributed by atoms with E-state index in [4.69, 9.17) is 24.4 Å². The Balaban J connectivity index is 1.35. The van der Waals surface area contributed by atoms with E-state index in [1.54, 1.807) is 23.2 Å². The summed E-state index contributed by atoms with van der Waals surface area (Å²) in [6, 6.07) is 13.6. The van der Waals surface area contributed by atoms with Crippen molar-refractivity contribution in [3.63, 3.8) is 0 Å². The Morgan fingerprint density at radius 3 is 2.62 bits per heavy atom. The summed E-state index contributed by atoms with van der Waals surface area (Å²) in [7, 11) is 0. The normalized spacial score (nSPS) is 16.4. The number of amides is 1. The van der Waals surface area contributed by atoms with Crippen LogP contribution in [0.15, 0.2) is 61.3 Å². The molecule has 1 amide bonds. The number of aromatic nitrogens is 3. The van der Waals surface area contributed by atoms with Crippen LogP contribution in [0.5, 0.6) is 11.8 Å². The van der Waals surface area contributed by atoms with Crippen molar-refractivity contribution in [1.82, 2.24) is 24.8 Å². The zero-order chi connectivity index (χ0) is 27.5. The summed E-state index contributed by atoms with van der Waals surface area (Å²) in [6.07, 6.45) is 3.14. The largest absolute Gasteiger partial charge is 0.508 e. The van der Waals surface area contributed by atoms with Gasteiger partial charge in [0.2, 0.25) is 5.91 Å². The molecule has 2 fully saturated rings. The number of piperazine rings is 1. The number of anilines is 1. The molecule has 2 aromatic heterocycles. The van der Waals surface area contributed by atoms with E-state index in [1.165, 1.54) is 6.08 Å². The average Bonchev–Trinajstić information content (AvgIpc) is 3.00. The minimum absolute atomic E-state index is 0.0658. The third-order valence-corrected chi connectivity index (χ3v) is 7.47. The molecular weight excluding hydrogens is 508 g/mol. The molecule has 40 heavy (non-hydrogen) atoms. The summed E-state index contributed by atoms with van der Waals surface area (Å²) < 4.78 is 11.5. The summed E-state index contributed by atoms with van der Waals surface area (Å²) in [6.45, 7) is 10.5. The van der Waals surface area contributed by atoms with E-state index in [2.05, 4.69) is 16.4 Å². The first-order valence-electron chi connectivity index (χ1n) is 13.6. The third kappa shape index (κ3) is 5.41. The maximum atomic E-state index is 12.1. The lowest BCUT2D eigenvalue weighted by Crippen LogP contribution is -2.48. The maximum absolute atomic E-state index is 12.1. The van der Waals surface area contributed by atoms with E-state index < -0.39 is 0 Å². The molecule has 2 saturated heterocycles. The number of phenolic OH excluding ortho intramolecular Hbond substituents is 1. The number of nitrogens with zero attached hydrogens (tertiary/aromatic N) is 6. The maximum Gasteiger partial charge on any atom is 0.318 e. The minimum Gasteiger partial charge on any atom is -0.508 e. The molecule has 2 aromatic carbocycles. The number of hydrogen-bond donors (Lipinski definition) is 1. The van der Waals surface area contributed by atoms with Gasteiger partial charge in [-0.15, -0.1) is 0 Å². The second-order valence-electron chi connectivity index (χ2n) is 9.95. The molecule has 2 aliphatic heterocycles. The fourth-order valence-corrected chi connectivity index (χ4v) is 5.31. The second kappa shape index (κ2) is 11.4. The second-order valence-corrected chi connectivity index (χ2v) is 9.95. The third-order valence-electron chi connectivity index (χ3n) is 7.47. The molecule has 0 saturated carbocycles. The van der Waals surface area contributed by atoms with Crippen molar-refractivity contribution in [3.8, 4) is 23.0 Å². The zero-order valence-electron chi connectivity index (χ0n) is 22.3. The monoisotopic (exact) mass is 540 g/mol. The van der Waals surface area contributed by atoms with Gasteiger partial charge >= 0.3 is 6.01 Å². The fourth-order valence-electron chi connectivity index (χ4n) is 5.31. The molecule has 0 atom stereocenters. The summed E-state index contributed by atoms with van der Waals surface area (Å²) in [5.41, 5.74) is 2.22. The molecule has 1 N–H and O–H groups in total. The van der Waals surface area contributed by atoms with Crippen LogP contribution in [0, 0.1) is 0 Å². The van der Waals surface area contributed by atoms with Crippen molar-refractivity contribution in [3.05, 3.63) is 61.3 Å². The Morgan fingerprint density at radius 2 is 1.82 bits per heavy atom. The summed E-state index contributed by atoms with van der Waals surface area (Å²) in [4.78, 5) is 32.7. The van der Waals surface area contributed by atoms with E-state index in [0.717, 1.165) is 60.4 Å². The van der Waals surface area contributed by atoms with E-state index >= 15 is 0 Å². The number of carbonyl (C=O) groups is 1. The number of benzene rings is 2. The highest BCUT2D eigenvalue weighted by molar-refractivity contribution is 5.99. The minimum atomic E-state index is -0.0658. The van der Waals surface area contributed by atoms with Crippen LogP contribution in [-0.4, -0.2) is 101 Å². The molecule has 0 aliphatic carbocycles. The number of fused-ring (bicyclic) bond motifs is 2. The average molecular weight is 541 g/mol. The molecule has 0 bridgehead atoms. The molecule has 0 unspecified atom stereocenters. The van der Waals surface area contributed by atoms with Crippen LogP contribution in [0.2, 0.25) is 0 Å². The standard InChI is InChI=1S/C30H32N6O4/c1-2-28(38)35-7-9-36(10-8-35)29-25-20-31-26(24-18-22(37)17-21-5-3-4-6-23(21)24)19-27(25)32-30(33-29)40-16-13-34-11-14-39-15-12-34/h2-6,17-20,37H,1,7-16H2. The molecule has 10 nitrogen and oxygen atoms in total. The van der Waals surface area contributed by atoms with Crippen LogP contribution in [0.25, 0.3) is 32.9 Å². The predicted octanol–water partition coefficient (Wildman–Crippen LogP) is 3.10. The number of aromatic hydroxyl groups is 1. The number of ether oxygens (including phenoxy) is 2. The lowest BCUT2D eigenvalue weighted by molar-refractivity contribution is -0.126. The van der Waals surface area contributed by atoms with E-state index in [0.29, 0.717) is 50.0 Å². The molecule has 0 radical (unpaired) electrons. The molecule has 10 heteroatoms. The number of pyridine rings is 1. The van der Waals surface area contributed by atoms with Crippen LogP contribution in [0.3, 0.4) is 0 Å². The van der Waals surface area contributed by atoms with Crippen molar-refractivity contribution in [1.29, 1.82) is 0 Å². The summed E-state index contributed by atoms with van der Waals surface area (Å²) in [5, 5.41) is 13.1. The van der Waals surface area contributed by atoms with Crippen molar-refractivity contribution >= 4 is 33.4 Å².